The lowest BCUT2D eigenvalue weighted by atomic mass is 10.1. The minimum Gasteiger partial charge on any atom is -0.481 e. The number of anilines is 1. The first-order valence-corrected chi connectivity index (χ1v) is 9.95. The standard InChI is InChI=1S/C21H24N2O.C2H4O2.CH5NO/c1-3-23(15-7-11-18-9-5-4-6-10-18)21-14-13-19(12-8-16-24)17-20(21)22-2;1-2(3)4;1-2-3/h4-6,8-10,12-14,16-17H,2-3,7,11,15H2,1H3;1H3,(H,3,4);2-3H,1H3/b12-8+;;. The zero-order valence-corrected chi connectivity index (χ0v) is 18.5. The Kier molecular flexibility index (Phi) is 15.7. The van der Waals surface area contributed by atoms with Gasteiger partial charge in [0.25, 0.3) is 5.97 Å². The van der Waals surface area contributed by atoms with E-state index in [1.54, 1.807) is 11.6 Å². The minimum atomic E-state index is -0.833. The van der Waals surface area contributed by atoms with Crippen LogP contribution < -0.4 is 10.4 Å². The second kappa shape index (κ2) is 17.6. The summed E-state index contributed by atoms with van der Waals surface area (Å²) in [5.41, 5.74) is 6.01. The zero-order valence-electron chi connectivity index (χ0n) is 18.5. The quantitative estimate of drug-likeness (QED) is 0.238. The first kappa shape index (κ1) is 27.7. The molecule has 31 heavy (non-hydrogen) atoms. The summed E-state index contributed by atoms with van der Waals surface area (Å²) in [6, 6.07) is 16.6. The van der Waals surface area contributed by atoms with E-state index in [1.165, 1.54) is 18.7 Å². The molecule has 7 nitrogen and oxygen atoms in total. The number of hydroxylamine groups is 1. The summed E-state index contributed by atoms with van der Waals surface area (Å²) >= 11 is 0. The third kappa shape index (κ3) is 12.8. The van der Waals surface area contributed by atoms with Gasteiger partial charge in [-0.1, -0.05) is 42.5 Å². The van der Waals surface area contributed by atoms with Crippen molar-refractivity contribution in [1.82, 2.24) is 5.48 Å². The molecule has 2 aromatic rings. The summed E-state index contributed by atoms with van der Waals surface area (Å²) in [6.07, 6.45) is 6.18. The highest BCUT2D eigenvalue weighted by molar-refractivity contribution is 5.77. The smallest absolute Gasteiger partial charge is 0.300 e. The van der Waals surface area contributed by atoms with E-state index in [-0.39, 0.29) is 0 Å². The van der Waals surface area contributed by atoms with E-state index < -0.39 is 5.97 Å². The van der Waals surface area contributed by atoms with E-state index in [9.17, 15) is 4.79 Å². The van der Waals surface area contributed by atoms with Crippen LogP contribution in [-0.2, 0) is 16.0 Å². The van der Waals surface area contributed by atoms with Gasteiger partial charge in [-0.05, 0) is 55.8 Å². The van der Waals surface area contributed by atoms with Crippen LogP contribution in [-0.4, -0.2) is 49.4 Å². The van der Waals surface area contributed by atoms with Crippen molar-refractivity contribution in [2.45, 2.75) is 26.7 Å². The van der Waals surface area contributed by atoms with Gasteiger partial charge in [-0.25, -0.2) is 5.48 Å². The van der Waals surface area contributed by atoms with Crippen LogP contribution in [0.3, 0.4) is 0 Å². The maximum atomic E-state index is 10.5. The van der Waals surface area contributed by atoms with E-state index in [1.807, 2.05) is 18.2 Å². The summed E-state index contributed by atoms with van der Waals surface area (Å²) in [5.74, 6) is -0.833. The molecule has 0 saturated carbocycles. The number of carbonyl (C=O) groups is 2. The van der Waals surface area contributed by atoms with Crippen LogP contribution in [0.1, 0.15) is 31.4 Å². The first-order valence-electron chi connectivity index (χ1n) is 9.95. The molecular weight excluding hydrogens is 394 g/mol. The number of aliphatic imine (C=N–C) groups is 1. The van der Waals surface area contributed by atoms with Crippen LogP contribution in [0.4, 0.5) is 11.4 Å². The molecule has 0 spiro atoms. The summed E-state index contributed by atoms with van der Waals surface area (Å²) in [7, 11) is 1.43. The second-order valence-electron chi connectivity index (χ2n) is 6.31. The number of carbonyl (C=O) groups excluding carboxylic acids is 1. The lowest BCUT2D eigenvalue weighted by Crippen LogP contribution is -2.24. The van der Waals surface area contributed by atoms with Gasteiger partial charge < -0.3 is 15.2 Å². The van der Waals surface area contributed by atoms with Crippen molar-refractivity contribution >= 4 is 36.4 Å². The monoisotopic (exact) mass is 427 g/mol. The van der Waals surface area contributed by atoms with Gasteiger partial charge in [0.1, 0.15) is 6.29 Å². The lowest BCUT2D eigenvalue weighted by molar-refractivity contribution is -0.134. The molecule has 0 saturated heterocycles. The summed E-state index contributed by atoms with van der Waals surface area (Å²) < 4.78 is 0. The van der Waals surface area contributed by atoms with Crippen LogP contribution in [0.5, 0.6) is 0 Å². The van der Waals surface area contributed by atoms with Crippen molar-refractivity contribution in [2.75, 3.05) is 25.0 Å². The van der Waals surface area contributed by atoms with Gasteiger partial charge >= 0.3 is 0 Å². The van der Waals surface area contributed by atoms with Crippen molar-refractivity contribution in [3.8, 4) is 0 Å². The van der Waals surface area contributed by atoms with Crippen molar-refractivity contribution in [3.05, 3.63) is 65.7 Å². The van der Waals surface area contributed by atoms with Crippen LogP contribution in [0, 0.1) is 0 Å². The largest absolute Gasteiger partial charge is 0.481 e. The number of rotatable bonds is 9. The highest BCUT2D eigenvalue weighted by Crippen LogP contribution is 2.30. The summed E-state index contributed by atoms with van der Waals surface area (Å²) in [6.45, 7) is 8.81. The number of allylic oxidation sites excluding steroid dienone is 1. The van der Waals surface area contributed by atoms with Gasteiger partial charge in [-0.2, -0.15) is 0 Å². The number of benzene rings is 2. The number of hydrogen-bond acceptors (Lipinski definition) is 6. The Morgan fingerprint density at radius 1 is 1.23 bits per heavy atom. The molecule has 0 unspecified atom stereocenters. The second-order valence-corrected chi connectivity index (χ2v) is 6.31. The van der Waals surface area contributed by atoms with Gasteiger partial charge in [0.2, 0.25) is 0 Å². The molecule has 0 aromatic heterocycles. The van der Waals surface area contributed by atoms with Crippen molar-refractivity contribution in [3.63, 3.8) is 0 Å². The van der Waals surface area contributed by atoms with Gasteiger partial charge in [0.15, 0.2) is 0 Å². The van der Waals surface area contributed by atoms with Gasteiger partial charge in [0.05, 0.1) is 11.4 Å². The fourth-order valence-corrected chi connectivity index (χ4v) is 2.76. The summed E-state index contributed by atoms with van der Waals surface area (Å²) in [5, 5.41) is 14.7. The highest BCUT2D eigenvalue weighted by atomic mass is 16.5. The van der Waals surface area contributed by atoms with Crippen molar-refractivity contribution in [1.29, 1.82) is 0 Å². The average Bonchev–Trinajstić information content (AvgIpc) is 2.76. The molecule has 7 heteroatoms. The third-order valence-electron chi connectivity index (χ3n) is 4.00. The Labute approximate surface area is 184 Å². The molecule has 0 bridgehead atoms. The van der Waals surface area contributed by atoms with Crippen LogP contribution in [0.2, 0.25) is 0 Å². The van der Waals surface area contributed by atoms with Crippen LogP contribution >= 0.6 is 0 Å². The van der Waals surface area contributed by atoms with Gasteiger partial charge in [-0.15, -0.1) is 0 Å². The van der Waals surface area contributed by atoms with E-state index in [4.69, 9.17) is 15.1 Å². The number of aldehydes is 1. The first-order chi connectivity index (χ1) is 14.9. The predicted molar refractivity (Wildman–Crippen MR) is 128 cm³/mol. The molecule has 0 heterocycles. The molecule has 0 atom stereocenters. The Bertz CT molecular complexity index is 804. The molecule has 0 amide bonds. The fourth-order valence-electron chi connectivity index (χ4n) is 2.76. The Hall–Kier alpha value is -3.29. The Morgan fingerprint density at radius 3 is 2.35 bits per heavy atom. The molecule has 0 aliphatic rings. The molecular formula is C24H33N3O4. The minimum absolute atomic E-state index is 0.775. The fraction of sp³-hybridized carbons (Fsp3) is 0.292. The van der Waals surface area contributed by atoms with Gasteiger partial charge in [0, 0.05) is 27.1 Å². The van der Waals surface area contributed by atoms with E-state index in [2.05, 4.69) is 53.9 Å². The molecule has 0 radical (unpaired) electrons. The molecule has 2 rings (SSSR count). The number of carboxylic acids is 1. The van der Waals surface area contributed by atoms with Crippen molar-refractivity contribution < 1.29 is 19.9 Å². The number of aliphatic carboxylic acids is 1. The average molecular weight is 428 g/mol. The number of carboxylic acid groups (broad SMARTS) is 1. The molecule has 0 aliphatic carbocycles. The number of nitrogens with one attached hydrogen (secondary N) is 1. The maximum absolute atomic E-state index is 10.5. The number of hydrogen-bond donors (Lipinski definition) is 3. The molecule has 0 aliphatic heterocycles. The van der Waals surface area contributed by atoms with Crippen LogP contribution in [0.25, 0.3) is 6.08 Å². The normalized spacial score (nSPS) is 9.68. The molecule has 0 fully saturated rings. The van der Waals surface area contributed by atoms with E-state index in [0.29, 0.717) is 0 Å². The Morgan fingerprint density at radius 2 is 1.84 bits per heavy atom. The lowest BCUT2D eigenvalue weighted by Gasteiger charge is -2.25. The predicted octanol–water partition coefficient (Wildman–Crippen LogP) is 4.38. The summed E-state index contributed by atoms with van der Waals surface area (Å²) in [4.78, 5) is 25.9. The molecule has 168 valence electrons. The SMILES string of the molecule is C=Nc1cc(/C=C/C=O)ccc1N(CC)CCCc1ccccc1.CC(=O)O.CNO. The van der Waals surface area contributed by atoms with E-state index >= 15 is 0 Å². The van der Waals surface area contributed by atoms with E-state index in [0.717, 1.165) is 56.1 Å². The zero-order chi connectivity index (χ0) is 23.5. The highest BCUT2D eigenvalue weighted by Gasteiger charge is 2.09. The Balaban J connectivity index is 0.00000113. The van der Waals surface area contributed by atoms with Crippen molar-refractivity contribution in [2.24, 2.45) is 4.99 Å². The molecule has 3 N–H and O–H groups in total. The number of nitrogens with zero attached hydrogens (tertiary/aromatic N) is 2. The number of aryl methyl sites for hydroxylation is 1. The molecule has 2 aromatic carbocycles. The van der Waals surface area contributed by atoms with Gasteiger partial charge in [-0.3, -0.25) is 14.6 Å². The third-order valence-corrected chi connectivity index (χ3v) is 4.00. The van der Waals surface area contributed by atoms with Crippen LogP contribution in [0.15, 0.2) is 59.6 Å². The topological polar surface area (TPSA) is 102 Å². The maximum Gasteiger partial charge on any atom is 0.300 e.